The zero-order chi connectivity index (χ0) is 18.5. The summed E-state index contributed by atoms with van der Waals surface area (Å²) in [4.78, 5) is 24.2. The molecule has 0 spiro atoms. The molecule has 2 N–H and O–H groups in total. The van der Waals surface area contributed by atoms with E-state index in [1.165, 1.54) is 0 Å². The van der Waals surface area contributed by atoms with E-state index in [1.807, 2.05) is 13.0 Å². The summed E-state index contributed by atoms with van der Waals surface area (Å²) in [6.07, 6.45) is 0. The van der Waals surface area contributed by atoms with Gasteiger partial charge in [-0.1, -0.05) is 16.8 Å². The molecule has 0 aliphatic carbocycles. The van der Waals surface area contributed by atoms with Crippen molar-refractivity contribution in [1.82, 2.24) is 25.6 Å². The van der Waals surface area contributed by atoms with Crippen LogP contribution in [0.5, 0.6) is 0 Å². The molecule has 2 aromatic carbocycles. The Labute approximate surface area is 155 Å². The monoisotopic (exact) mass is 371 g/mol. The van der Waals surface area contributed by atoms with Crippen molar-refractivity contribution in [1.29, 1.82) is 0 Å². The number of rotatable bonds is 6. The minimum absolute atomic E-state index is 0.214. The molecular formula is C18H18ClN5O2. The smallest absolute Gasteiger partial charge is 0.251 e. The van der Waals surface area contributed by atoms with E-state index in [0.29, 0.717) is 34.8 Å². The van der Waals surface area contributed by atoms with E-state index < -0.39 is 0 Å². The molecule has 0 saturated carbocycles. The Morgan fingerprint density at radius 2 is 1.62 bits per heavy atom. The van der Waals surface area contributed by atoms with Gasteiger partial charge >= 0.3 is 0 Å². The second-order valence-electron chi connectivity index (χ2n) is 5.63. The fourth-order valence-electron chi connectivity index (χ4n) is 2.50. The van der Waals surface area contributed by atoms with E-state index >= 15 is 0 Å². The number of amides is 2. The van der Waals surface area contributed by atoms with Crippen LogP contribution in [0.3, 0.4) is 0 Å². The van der Waals surface area contributed by atoms with Gasteiger partial charge < -0.3 is 10.6 Å². The summed E-state index contributed by atoms with van der Waals surface area (Å²) in [7, 11) is 0. The van der Waals surface area contributed by atoms with E-state index in [0.717, 1.165) is 12.1 Å². The van der Waals surface area contributed by atoms with E-state index in [4.69, 9.17) is 11.6 Å². The molecular weight excluding hydrogens is 354 g/mol. The van der Waals surface area contributed by atoms with Crippen molar-refractivity contribution in [3.8, 4) is 0 Å². The molecule has 0 fully saturated rings. The van der Waals surface area contributed by atoms with Crippen LogP contribution in [0.2, 0.25) is 5.02 Å². The van der Waals surface area contributed by atoms with E-state index in [2.05, 4.69) is 20.9 Å². The molecule has 0 unspecified atom stereocenters. The summed E-state index contributed by atoms with van der Waals surface area (Å²) in [6, 6.07) is 11.9. The summed E-state index contributed by atoms with van der Waals surface area (Å²) in [5, 5.41) is 14.2. The van der Waals surface area contributed by atoms with Gasteiger partial charge in [-0.3, -0.25) is 9.59 Å². The van der Waals surface area contributed by atoms with Crippen molar-refractivity contribution in [2.75, 3.05) is 13.1 Å². The molecule has 7 nitrogen and oxygen atoms in total. The molecule has 0 bridgehead atoms. The van der Waals surface area contributed by atoms with Crippen molar-refractivity contribution in [2.24, 2.45) is 0 Å². The molecule has 1 heterocycles. The Hall–Kier alpha value is -2.93. The first-order chi connectivity index (χ1) is 12.6. The zero-order valence-corrected chi connectivity index (χ0v) is 15.0. The SMILES string of the molecule is CCn1nnc2cc(C(=O)NCCNC(=O)c3ccc(Cl)cc3)ccc21. The molecule has 0 saturated heterocycles. The lowest BCUT2D eigenvalue weighted by molar-refractivity contribution is 0.0928. The highest BCUT2D eigenvalue weighted by Crippen LogP contribution is 2.13. The summed E-state index contributed by atoms with van der Waals surface area (Å²) in [5.74, 6) is -0.438. The average molecular weight is 372 g/mol. The highest BCUT2D eigenvalue weighted by atomic mass is 35.5. The number of hydrogen-bond donors (Lipinski definition) is 2. The number of carbonyl (C=O) groups is 2. The van der Waals surface area contributed by atoms with Crippen molar-refractivity contribution >= 4 is 34.4 Å². The molecule has 0 aliphatic rings. The summed E-state index contributed by atoms with van der Waals surface area (Å²) in [6.45, 7) is 3.34. The average Bonchev–Trinajstić information content (AvgIpc) is 3.07. The van der Waals surface area contributed by atoms with Crippen LogP contribution in [0, 0.1) is 0 Å². The summed E-state index contributed by atoms with van der Waals surface area (Å²) in [5.41, 5.74) is 2.59. The maximum absolute atomic E-state index is 12.2. The van der Waals surface area contributed by atoms with Gasteiger partial charge in [-0.2, -0.15) is 0 Å². The van der Waals surface area contributed by atoms with E-state index in [9.17, 15) is 9.59 Å². The number of nitrogens with one attached hydrogen (secondary N) is 2. The van der Waals surface area contributed by atoms with Gasteiger partial charge in [-0.15, -0.1) is 5.10 Å². The number of aromatic nitrogens is 3. The quantitative estimate of drug-likeness (QED) is 0.650. The number of fused-ring (bicyclic) bond motifs is 1. The number of nitrogens with zero attached hydrogens (tertiary/aromatic N) is 3. The van der Waals surface area contributed by atoms with Crippen molar-refractivity contribution < 1.29 is 9.59 Å². The predicted molar refractivity (Wildman–Crippen MR) is 99.3 cm³/mol. The highest BCUT2D eigenvalue weighted by Gasteiger charge is 2.10. The minimum atomic E-state index is -0.223. The lowest BCUT2D eigenvalue weighted by Crippen LogP contribution is -2.34. The Balaban J connectivity index is 1.51. The number of aryl methyl sites for hydroxylation is 1. The maximum Gasteiger partial charge on any atom is 0.251 e. The number of benzene rings is 2. The molecule has 134 valence electrons. The van der Waals surface area contributed by atoms with Gasteiger partial charge in [0.15, 0.2) is 0 Å². The molecule has 0 radical (unpaired) electrons. The number of hydrogen-bond acceptors (Lipinski definition) is 4. The minimum Gasteiger partial charge on any atom is -0.350 e. The van der Waals surface area contributed by atoms with Crippen LogP contribution >= 0.6 is 11.6 Å². The van der Waals surface area contributed by atoms with Crippen molar-refractivity contribution in [3.05, 3.63) is 58.6 Å². The third-order valence-electron chi connectivity index (χ3n) is 3.88. The van der Waals surface area contributed by atoms with Crippen LogP contribution in [0.4, 0.5) is 0 Å². The number of carbonyl (C=O) groups excluding carboxylic acids is 2. The molecule has 0 aliphatic heterocycles. The Bertz CT molecular complexity index is 936. The standard InChI is InChI=1S/C18H18ClN5O2/c1-2-24-16-8-5-13(11-15(16)22-23-24)18(26)21-10-9-20-17(25)12-3-6-14(19)7-4-12/h3-8,11H,2,9-10H2,1H3,(H,20,25)(H,21,26). The van der Waals surface area contributed by atoms with Gasteiger partial charge in [0.05, 0.1) is 5.52 Å². The van der Waals surface area contributed by atoms with Crippen LogP contribution in [0.15, 0.2) is 42.5 Å². The number of halogens is 1. The fourth-order valence-corrected chi connectivity index (χ4v) is 2.63. The Kier molecular flexibility index (Phi) is 5.48. The molecule has 0 atom stereocenters. The first kappa shape index (κ1) is 17.9. The molecule has 3 rings (SSSR count). The van der Waals surface area contributed by atoms with Gasteiger partial charge in [0, 0.05) is 35.8 Å². The maximum atomic E-state index is 12.2. The molecule has 3 aromatic rings. The molecule has 2 amide bonds. The lowest BCUT2D eigenvalue weighted by atomic mass is 10.2. The van der Waals surface area contributed by atoms with Gasteiger partial charge in [-0.05, 0) is 49.4 Å². The molecule has 8 heteroatoms. The van der Waals surface area contributed by atoms with Crippen LogP contribution in [0.25, 0.3) is 11.0 Å². The third-order valence-corrected chi connectivity index (χ3v) is 4.13. The topological polar surface area (TPSA) is 88.9 Å². The van der Waals surface area contributed by atoms with E-state index in [-0.39, 0.29) is 11.8 Å². The third kappa shape index (κ3) is 4.00. The first-order valence-electron chi connectivity index (χ1n) is 8.23. The lowest BCUT2D eigenvalue weighted by Gasteiger charge is -2.07. The predicted octanol–water partition coefficient (Wildman–Crippen LogP) is 2.26. The second kappa shape index (κ2) is 7.97. The fraction of sp³-hybridized carbons (Fsp3) is 0.222. The highest BCUT2D eigenvalue weighted by molar-refractivity contribution is 6.30. The molecule has 1 aromatic heterocycles. The zero-order valence-electron chi connectivity index (χ0n) is 14.2. The Morgan fingerprint density at radius 3 is 2.27 bits per heavy atom. The normalized spacial score (nSPS) is 10.7. The first-order valence-corrected chi connectivity index (χ1v) is 8.61. The summed E-state index contributed by atoms with van der Waals surface area (Å²) >= 11 is 5.79. The molecule has 26 heavy (non-hydrogen) atoms. The largest absolute Gasteiger partial charge is 0.350 e. The Morgan fingerprint density at radius 1 is 1.00 bits per heavy atom. The summed E-state index contributed by atoms with van der Waals surface area (Å²) < 4.78 is 1.77. The van der Waals surface area contributed by atoms with Crippen LogP contribution in [-0.4, -0.2) is 39.9 Å². The van der Waals surface area contributed by atoms with E-state index in [1.54, 1.807) is 41.1 Å². The van der Waals surface area contributed by atoms with Gasteiger partial charge in [0.1, 0.15) is 5.52 Å². The van der Waals surface area contributed by atoms with Crippen LogP contribution < -0.4 is 10.6 Å². The van der Waals surface area contributed by atoms with Crippen LogP contribution in [-0.2, 0) is 6.54 Å². The van der Waals surface area contributed by atoms with Gasteiger partial charge in [-0.25, -0.2) is 4.68 Å². The van der Waals surface area contributed by atoms with Crippen molar-refractivity contribution in [2.45, 2.75) is 13.5 Å². The second-order valence-corrected chi connectivity index (χ2v) is 6.06. The van der Waals surface area contributed by atoms with Crippen LogP contribution in [0.1, 0.15) is 27.6 Å². The van der Waals surface area contributed by atoms with Gasteiger partial charge in [0.25, 0.3) is 11.8 Å². The van der Waals surface area contributed by atoms with Gasteiger partial charge in [0.2, 0.25) is 0 Å². The van der Waals surface area contributed by atoms with Crippen molar-refractivity contribution in [3.63, 3.8) is 0 Å².